The second-order valence-electron chi connectivity index (χ2n) is 6.40. The van der Waals surface area contributed by atoms with Crippen LogP contribution in [0.5, 0.6) is 0 Å². The molecule has 1 aliphatic heterocycles. The number of piperidine rings is 1. The molecule has 0 unspecified atom stereocenters. The minimum atomic E-state index is -3.83. The van der Waals surface area contributed by atoms with Crippen molar-refractivity contribution in [2.24, 2.45) is 5.92 Å². The SMILES string of the molecule is COC(=O)c1sccc1NC(=O)C1CCN(S(=O)(=O)c2ccc(F)c(Cl)c2)CC1. The lowest BCUT2D eigenvalue weighted by Crippen LogP contribution is -2.41. The first-order valence-corrected chi connectivity index (χ1v) is 11.4. The molecule has 0 aliphatic carbocycles. The zero-order valence-corrected chi connectivity index (χ0v) is 17.7. The Morgan fingerprint density at radius 3 is 2.59 bits per heavy atom. The first-order chi connectivity index (χ1) is 13.7. The molecule has 29 heavy (non-hydrogen) atoms. The van der Waals surface area contributed by atoms with E-state index in [1.165, 1.54) is 17.5 Å². The molecule has 1 aliphatic rings. The molecular weight excluding hydrogens is 443 g/mol. The largest absolute Gasteiger partial charge is 0.465 e. The third kappa shape index (κ3) is 4.61. The Labute approximate surface area is 176 Å². The van der Waals surface area contributed by atoms with Gasteiger partial charge in [-0.2, -0.15) is 4.31 Å². The first-order valence-electron chi connectivity index (χ1n) is 8.66. The van der Waals surface area contributed by atoms with Crippen LogP contribution >= 0.6 is 22.9 Å². The van der Waals surface area contributed by atoms with Crippen LogP contribution in [-0.2, 0) is 19.6 Å². The topological polar surface area (TPSA) is 92.8 Å². The summed E-state index contributed by atoms with van der Waals surface area (Å²) in [4.78, 5) is 24.5. The lowest BCUT2D eigenvalue weighted by Gasteiger charge is -2.30. The summed E-state index contributed by atoms with van der Waals surface area (Å²) in [5.74, 6) is -1.91. The number of anilines is 1. The molecule has 0 atom stereocenters. The van der Waals surface area contributed by atoms with E-state index in [1.54, 1.807) is 11.4 Å². The Hall–Kier alpha value is -2.01. The van der Waals surface area contributed by atoms with Gasteiger partial charge in [0.05, 0.1) is 22.7 Å². The summed E-state index contributed by atoms with van der Waals surface area (Å²) in [5.41, 5.74) is 0.378. The van der Waals surface area contributed by atoms with Crippen LogP contribution in [0.1, 0.15) is 22.5 Å². The number of esters is 1. The van der Waals surface area contributed by atoms with E-state index in [0.29, 0.717) is 23.4 Å². The maximum Gasteiger partial charge on any atom is 0.350 e. The van der Waals surface area contributed by atoms with Crippen molar-refractivity contribution >= 4 is 50.5 Å². The van der Waals surface area contributed by atoms with Gasteiger partial charge in [0, 0.05) is 19.0 Å². The highest BCUT2D eigenvalue weighted by molar-refractivity contribution is 7.89. The lowest BCUT2D eigenvalue weighted by molar-refractivity contribution is -0.120. The van der Waals surface area contributed by atoms with Gasteiger partial charge in [0.2, 0.25) is 15.9 Å². The number of carbonyl (C=O) groups excluding carboxylic acids is 2. The average molecular weight is 461 g/mol. The average Bonchev–Trinajstić information content (AvgIpc) is 3.17. The molecule has 156 valence electrons. The molecule has 7 nitrogen and oxygen atoms in total. The van der Waals surface area contributed by atoms with Gasteiger partial charge in [0.1, 0.15) is 10.7 Å². The number of nitrogens with one attached hydrogen (secondary N) is 1. The second-order valence-corrected chi connectivity index (χ2v) is 9.66. The van der Waals surface area contributed by atoms with Crippen molar-refractivity contribution in [3.05, 3.63) is 45.4 Å². The quantitative estimate of drug-likeness (QED) is 0.690. The molecule has 0 saturated carbocycles. The van der Waals surface area contributed by atoms with Crippen LogP contribution < -0.4 is 5.32 Å². The summed E-state index contributed by atoms with van der Waals surface area (Å²) in [6, 6.07) is 4.87. The van der Waals surface area contributed by atoms with Gasteiger partial charge in [-0.1, -0.05) is 11.6 Å². The van der Waals surface area contributed by atoms with E-state index in [4.69, 9.17) is 11.6 Å². The summed E-state index contributed by atoms with van der Waals surface area (Å²) in [5, 5.41) is 4.12. The van der Waals surface area contributed by atoms with Crippen molar-refractivity contribution in [3.63, 3.8) is 0 Å². The minimum absolute atomic E-state index is 0.0900. The molecule has 1 fully saturated rings. The molecule has 1 aromatic heterocycles. The highest BCUT2D eigenvalue weighted by atomic mass is 35.5. The zero-order valence-electron chi connectivity index (χ0n) is 15.4. The van der Waals surface area contributed by atoms with E-state index < -0.39 is 27.7 Å². The zero-order chi connectivity index (χ0) is 21.2. The number of rotatable bonds is 5. The van der Waals surface area contributed by atoms with Gasteiger partial charge in [-0.3, -0.25) is 4.79 Å². The number of hydrogen-bond acceptors (Lipinski definition) is 6. The van der Waals surface area contributed by atoms with Crippen molar-refractivity contribution in [1.82, 2.24) is 4.31 Å². The van der Waals surface area contributed by atoms with Crippen LogP contribution in [0.3, 0.4) is 0 Å². The molecule has 1 N–H and O–H groups in total. The number of sulfonamides is 1. The van der Waals surface area contributed by atoms with Crippen molar-refractivity contribution in [2.75, 3.05) is 25.5 Å². The van der Waals surface area contributed by atoms with E-state index in [0.717, 1.165) is 23.5 Å². The molecule has 2 heterocycles. The first kappa shape index (κ1) is 21.7. The summed E-state index contributed by atoms with van der Waals surface area (Å²) in [6.45, 7) is 0.284. The molecule has 1 amide bonds. The normalized spacial score (nSPS) is 15.8. The van der Waals surface area contributed by atoms with Crippen molar-refractivity contribution in [1.29, 1.82) is 0 Å². The summed E-state index contributed by atoms with van der Waals surface area (Å²) in [6.07, 6.45) is 0.634. The van der Waals surface area contributed by atoms with Gasteiger partial charge in [0.25, 0.3) is 0 Å². The fourth-order valence-electron chi connectivity index (χ4n) is 3.04. The number of amides is 1. The predicted molar refractivity (Wildman–Crippen MR) is 107 cm³/mol. The van der Waals surface area contributed by atoms with Crippen LogP contribution in [0.25, 0.3) is 0 Å². The number of nitrogens with zero attached hydrogens (tertiary/aromatic N) is 1. The van der Waals surface area contributed by atoms with Gasteiger partial charge in [-0.05, 0) is 42.5 Å². The molecule has 1 saturated heterocycles. The number of ether oxygens (including phenoxy) is 1. The fourth-order valence-corrected chi connectivity index (χ4v) is 5.55. The monoisotopic (exact) mass is 460 g/mol. The maximum atomic E-state index is 13.3. The minimum Gasteiger partial charge on any atom is -0.465 e. The Balaban J connectivity index is 1.64. The van der Waals surface area contributed by atoms with Crippen molar-refractivity contribution in [3.8, 4) is 0 Å². The molecular formula is C18H18ClFN2O5S2. The lowest BCUT2D eigenvalue weighted by atomic mass is 9.97. The van der Waals surface area contributed by atoms with E-state index in [9.17, 15) is 22.4 Å². The number of thiophene rings is 1. The predicted octanol–water partition coefficient (Wildman–Crippen LogP) is 3.37. The van der Waals surface area contributed by atoms with E-state index >= 15 is 0 Å². The molecule has 0 spiro atoms. The van der Waals surface area contributed by atoms with Crippen molar-refractivity contribution in [2.45, 2.75) is 17.7 Å². The number of halogens is 2. The maximum absolute atomic E-state index is 13.3. The van der Waals surface area contributed by atoms with Crippen LogP contribution in [0.4, 0.5) is 10.1 Å². The van der Waals surface area contributed by atoms with Crippen LogP contribution in [0, 0.1) is 11.7 Å². The van der Waals surface area contributed by atoms with Crippen molar-refractivity contribution < 1.29 is 27.1 Å². The highest BCUT2D eigenvalue weighted by Gasteiger charge is 2.33. The third-order valence-electron chi connectivity index (χ3n) is 4.65. The second kappa shape index (κ2) is 8.78. The molecule has 1 aromatic carbocycles. The molecule has 0 bridgehead atoms. The molecule has 2 aromatic rings. The van der Waals surface area contributed by atoms with Gasteiger partial charge in [0.15, 0.2) is 0 Å². The number of methoxy groups -OCH3 is 1. The third-order valence-corrected chi connectivity index (χ3v) is 7.73. The molecule has 0 radical (unpaired) electrons. The Morgan fingerprint density at radius 1 is 1.28 bits per heavy atom. The fraction of sp³-hybridized carbons (Fsp3) is 0.333. The van der Waals surface area contributed by atoms with E-state index in [2.05, 4.69) is 10.1 Å². The summed E-state index contributed by atoms with van der Waals surface area (Å²) in [7, 11) is -2.57. The van der Waals surface area contributed by atoms with Crippen LogP contribution in [-0.4, -0.2) is 44.8 Å². The van der Waals surface area contributed by atoms with Gasteiger partial charge >= 0.3 is 5.97 Å². The van der Waals surface area contributed by atoms with E-state index in [1.807, 2.05) is 0 Å². The number of benzene rings is 1. The number of hydrogen-bond donors (Lipinski definition) is 1. The van der Waals surface area contributed by atoms with Crippen LogP contribution in [0.2, 0.25) is 5.02 Å². The molecule has 3 rings (SSSR count). The smallest absolute Gasteiger partial charge is 0.350 e. The standard InChI is InChI=1S/C18H18ClFN2O5S2/c1-27-18(24)16-15(6-9-28-16)21-17(23)11-4-7-22(8-5-11)29(25,26)12-2-3-14(20)13(19)10-12/h2-3,6,9-11H,4-5,7-8H2,1H3,(H,21,23). The van der Waals surface area contributed by atoms with Gasteiger partial charge < -0.3 is 10.1 Å². The number of carbonyl (C=O) groups is 2. The Morgan fingerprint density at radius 2 is 1.97 bits per heavy atom. The Bertz CT molecular complexity index is 1030. The van der Waals surface area contributed by atoms with Crippen LogP contribution in [0.15, 0.2) is 34.5 Å². The van der Waals surface area contributed by atoms with E-state index in [-0.39, 0.29) is 28.9 Å². The molecule has 11 heteroatoms. The summed E-state index contributed by atoms with van der Waals surface area (Å²) >= 11 is 6.85. The Kier molecular flexibility index (Phi) is 6.57. The summed E-state index contributed by atoms with van der Waals surface area (Å²) < 4.78 is 44.7. The highest BCUT2D eigenvalue weighted by Crippen LogP contribution is 2.28. The van der Waals surface area contributed by atoms with Gasteiger partial charge in [-0.25, -0.2) is 17.6 Å². The van der Waals surface area contributed by atoms with Gasteiger partial charge in [-0.15, -0.1) is 11.3 Å².